The van der Waals surface area contributed by atoms with Gasteiger partial charge in [-0.25, -0.2) is 4.79 Å². The lowest BCUT2D eigenvalue weighted by molar-refractivity contribution is 0.174. The molecule has 2 amide bonds. The number of carbonyl (C=O) groups is 1. The SMILES string of the molecule is Cc1cc(C)n(CC(C)CNC(=O)NC2CCC(CO)CC2)n1. The lowest BCUT2D eigenvalue weighted by Crippen LogP contribution is -2.45. The van der Waals surface area contributed by atoms with Gasteiger partial charge in [0.2, 0.25) is 0 Å². The molecule has 0 bridgehead atoms. The van der Waals surface area contributed by atoms with Gasteiger partial charge in [0.15, 0.2) is 0 Å². The van der Waals surface area contributed by atoms with Crippen molar-refractivity contribution in [3.8, 4) is 0 Å². The van der Waals surface area contributed by atoms with Gasteiger partial charge in [0.1, 0.15) is 0 Å². The molecule has 0 aromatic carbocycles. The molecular formula is C17H30N4O2. The third-order valence-electron chi connectivity index (χ3n) is 4.64. The second-order valence-corrected chi connectivity index (χ2v) is 6.97. The number of aryl methyl sites for hydroxylation is 2. The summed E-state index contributed by atoms with van der Waals surface area (Å²) in [7, 11) is 0. The minimum Gasteiger partial charge on any atom is -0.396 e. The number of rotatable bonds is 6. The van der Waals surface area contributed by atoms with E-state index < -0.39 is 0 Å². The maximum absolute atomic E-state index is 12.0. The van der Waals surface area contributed by atoms with Crippen LogP contribution in [0.4, 0.5) is 4.79 Å². The summed E-state index contributed by atoms with van der Waals surface area (Å²) in [5.41, 5.74) is 2.18. The second-order valence-electron chi connectivity index (χ2n) is 6.97. The van der Waals surface area contributed by atoms with Crippen LogP contribution in [-0.4, -0.2) is 40.1 Å². The Bertz CT molecular complexity index is 507. The Morgan fingerprint density at radius 2 is 2.09 bits per heavy atom. The van der Waals surface area contributed by atoms with Crippen LogP contribution in [-0.2, 0) is 6.54 Å². The molecule has 0 radical (unpaired) electrons. The average Bonchev–Trinajstić information content (AvgIpc) is 2.83. The van der Waals surface area contributed by atoms with Crippen LogP contribution in [0.1, 0.15) is 44.0 Å². The standard InChI is InChI=1S/C17H30N4O2/c1-12(10-21-14(3)8-13(2)20-21)9-18-17(23)19-16-6-4-15(11-22)5-7-16/h8,12,15-16,22H,4-7,9-11H2,1-3H3,(H2,18,19,23). The Labute approximate surface area is 138 Å². The van der Waals surface area contributed by atoms with E-state index in [1.54, 1.807) is 0 Å². The van der Waals surface area contributed by atoms with Crippen LogP contribution >= 0.6 is 0 Å². The Balaban J connectivity index is 1.67. The van der Waals surface area contributed by atoms with Gasteiger partial charge in [0.05, 0.1) is 5.69 Å². The predicted octanol–water partition coefficient (Wildman–Crippen LogP) is 1.99. The summed E-state index contributed by atoms with van der Waals surface area (Å²) in [6, 6.07) is 2.22. The molecule has 1 aromatic rings. The molecule has 6 nitrogen and oxygen atoms in total. The van der Waals surface area contributed by atoms with Gasteiger partial charge in [-0.3, -0.25) is 4.68 Å². The zero-order chi connectivity index (χ0) is 16.8. The van der Waals surface area contributed by atoms with E-state index >= 15 is 0 Å². The number of aliphatic hydroxyl groups is 1. The summed E-state index contributed by atoms with van der Waals surface area (Å²) in [5.74, 6) is 0.737. The summed E-state index contributed by atoms with van der Waals surface area (Å²) < 4.78 is 2.00. The number of aromatic nitrogens is 2. The maximum Gasteiger partial charge on any atom is 0.315 e. The molecule has 6 heteroatoms. The van der Waals surface area contributed by atoms with Crippen LogP contribution < -0.4 is 10.6 Å². The van der Waals surface area contributed by atoms with Crippen LogP contribution in [0.5, 0.6) is 0 Å². The van der Waals surface area contributed by atoms with E-state index in [1.807, 2.05) is 11.6 Å². The first-order chi connectivity index (χ1) is 11.0. The fourth-order valence-corrected chi connectivity index (χ4v) is 3.21. The second kappa shape index (κ2) is 8.34. The molecular weight excluding hydrogens is 292 g/mol. The number of aliphatic hydroxyl groups excluding tert-OH is 1. The van der Waals surface area contributed by atoms with Crippen molar-refractivity contribution in [3.63, 3.8) is 0 Å². The Morgan fingerprint density at radius 1 is 1.39 bits per heavy atom. The molecule has 2 rings (SSSR count). The summed E-state index contributed by atoms with van der Waals surface area (Å²) in [6.45, 7) is 7.87. The number of carbonyl (C=O) groups excluding carboxylic acids is 1. The van der Waals surface area contributed by atoms with Crippen LogP contribution in [0.25, 0.3) is 0 Å². The maximum atomic E-state index is 12.0. The lowest BCUT2D eigenvalue weighted by atomic mass is 9.87. The van der Waals surface area contributed by atoms with Crippen LogP contribution in [0.15, 0.2) is 6.07 Å². The first-order valence-corrected chi connectivity index (χ1v) is 8.64. The van der Waals surface area contributed by atoms with Crippen molar-refractivity contribution in [3.05, 3.63) is 17.5 Å². The smallest absolute Gasteiger partial charge is 0.315 e. The summed E-state index contributed by atoms with van der Waals surface area (Å²) >= 11 is 0. The molecule has 3 N–H and O–H groups in total. The third kappa shape index (κ3) is 5.53. The molecule has 1 aliphatic rings. The molecule has 0 aliphatic heterocycles. The van der Waals surface area contributed by atoms with E-state index in [0.717, 1.165) is 43.6 Å². The van der Waals surface area contributed by atoms with Gasteiger partial charge in [0, 0.05) is 31.4 Å². The number of nitrogens with zero attached hydrogens (tertiary/aromatic N) is 2. The molecule has 1 aromatic heterocycles. The van der Waals surface area contributed by atoms with Crippen molar-refractivity contribution < 1.29 is 9.90 Å². The fraction of sp³-hybridized carbons (Fsp3) is 0.765. The number of hydrogen-bond donors (Lipinski definition) is 3. The van der Waals surface area contributed by atoms with Gasteiger partial charge in [0.25, 0.3) is 0 Å². The van der Waals surface area contributed by atoms with Crippen LogP contribution in [0.3, 0.4) is 0 Å². The van der Waals surface area contributed by atoms with Gasteiger partial charge in [-0.1, -0.05) is 6.92 Å². The summed E-state index contributed by atoms with van der Waals surface area (Å²) in [4.78, 5) is 12.0. The Hall–Kier alpha value is -1.56. The van der Waals surface area contributed by atoms with Crippen molar-refractivity contribution in [1.82, 2.24) is 20.4 Å². The van der Waals surface area contributed by atoms with Crippen molar-refractivity contribution in [1.29, 1.82) is 0 Å². The van der Waals surface area contributed by atoms with Crippen molar-refractivity contribution in [2.45, 2.75) is 59.0 Å². The van der Waals surface area contributed by atoms with Gasteiger partial charge in [-0.05, 0) is 57.4 Å². The number of amides is 2. The van der Waals surface area contributed by atoms with Crippen LogP contribution in [0.2, 0.25) is 0 Å². The number of nitrogens with one attached hydrogen (secondary N) is 2. The van der Waals surface area contributed by atoms with Gasteiger partial charge >= 0.3 is 6.03 Å². The molecule has 1 heterocycles. The van der Waals surface area contributed by atoms with E-state index in [0.29, 0.717) is 18.4 Å². The first kappa shape index (κ1) is 17.8. The van der Waals surface area contributed by atoms with E-state index in [1.165, 1.54) is 0 Å². The van der Waals surface area contributed by atoms with Gasteiger partial charge in [-0.2, -0.15) is 5.10 Å². The zero-order valence-corrected chi connectivity index (χ0v) is 14.5. The monoisotopic (exact) mass is 322 g/mol. The third-order valence-corrected chi connectivity index (χ3v) is 4.64. The van der Waals surface area contributed by atoms with Crippen molar-refractivity contribution in [2.75, 3.05) is 13.2 Å². The molecule has 1 unspecified atom stereocenters. The molecule has 130 valence electrons. The minimum atomic E-state index is -0.0855. The largest absolute Gasteiger partial charge is 0.396 e. The Morgan fingerprint density at radius 3 is 2.65 bits per heavy atom. The van der Waals surface area contributed by atoms with Crippen molar-refractivity contribution >= 4 is 6.03 Å². The molecule has 1 saturated carbocycles. The molecule has 0 spiro atoms. The summed E-state index contributed by atoms with van der Waals surface area (Å²) in [5, 5.41) is 19.6. The van der Waals surface area contributed by atoms with E-state index in [4.69, 9.17) is 5.11 Å². The van der Waals surface area contributed by atoms with E-state index in [2.05, 4.69) is 35.6 Å². The topological polar surface area (TPSA) is 79.2 Å². The molecule has 1 atom stereocenters. The predicted molar refractivity (Wildman–Crippen MR) is 90.2 cm³/mol. The average molecular weight is 322 g/mol. The van der Waals surface area contributed by atoms with Gasteiger partial charge < -0.3 is 15.7 Å². The molecule has 23 heavy (non-hydrogen) atoms. The summed E-state index contributed by atoms with van der Waals surface area (Å²) in [6.07, 6.45) is 3.91. The lowest BCUT2D eigenvalue weighted by Gasteiger charge is -2.28. The highest BCUT2D eigenvalue weighted by Crippen LogP contribution is 2.23. The normalized spacial score (nSPS) is 22.6. The number of hydrogen-bond acceptors (Lipinski definition) is 3. The fourth-order valence-electron chi connectivity index (χ4n) is 3.21. The van der Waals surface area contributed by atoms with Crippen LogP contribution in [0, 0.1) is 25.7 Å². The molecule has 1 aliphatic carbocycles. The van der Waals surface area contributed by atoms with E-state index in [9.17, 15) is 4.79 Å². The van der Waals surface area contributed by atoms with E-state index in [-0.39, 0.29) is 18.7 Å². The van der Waals surface area contributed by atoms with Crippen molar-refractivity contribution in [2.24, 2.45) is 11.8 Å². The Kier molecular flexibility index (Phi) is 6.45. The zero-order valence-electron chi connectivity index (χ0n) is 14.5. The first-order valence-electron chi connectivity index (χ1n) is 8.64. The highest BCUT2D eigenvalue weighted by atomic mass is 16.3. The highest BCUT2D eigenvalue weighted by molar-refractivity contribution is 5.74. The number of urea groups is 1. The molecule has 0 saturated heterocycles. The molecule has 1 fully saturated rings. The van der Waals surface area contributed by atoms with Gasteiger partial charge in [-0.15, -0.1) is 0 Å². The highest BCUT2D eigenvalue weighted by Gasteiger charge is 2.21. The minimum absolute atomic E-state index is 0.0855. The quantitative estimate of drug-likeness (QED) is 0.749.